The molecule has 0 saturated heterocycles. The first-order valence-electron chi connectivity index (χ1n) is 7.98. The first kappa shape index (κ1) is 17.4. The lowest BCUT2D eigenvalue weighted by Crippen LogP contribution is -2.20. The van der Waals surface area contributed by atoms with Gasteiger partial charge in [-0.3, -0.25) is 9.48 Å². The standard InChI is InChI=1S/C18H19FN4OS/c1-23-16(5-6-21-23)15-11-25-18(22-15)17(24)9-13(10-20)7-12-3-2-4-14(19)8-12/h2-6,8,11,13H,7,9-10,20H2,1H3/t13-/m1/s1. The molecule has 7 heteroatoms. The smallest absolute Gasteiger partial charge is 0.191 e. The van der Waals surface area contributed by atoms with Crippen molar-refractivity contribution in [2.45, 2.75) is 12.8 Å². The van der Waals surface area contributed by atoms with Gasteiger partial charge in [0.1, 0.15) is 11.5 Å². The molecule has 3 rings (SSSR count). The van der Waals surface area contributed by atoms with Crippen molar-refractivity contribution in [3.63, 3.8) is 0 Å². The minimum atomic E-state index is -0.277. The molecule has 0 aliphatic heterocycles. The largest absolute Gasteiger partial charge is 0.330 e. The molecule has 0 aliphatic rings. The fourth-order valence-electron chi connectivity index (χ4n) is 2.73. The van der Waals surface area contributed by atoms with E-state index in [2.05, 4.69) is 10.1 Å². The predicted molar refractivity (Wildman–Crippen MR) is 95.9 cm³/mol. The van der Waals surface area contributed by atoms with Gasteiger partial charge in [0.05, 0.1) is 5.69 Å². The molecule has 0 radical (unpaired) electrons. The number of nitrogens with two attached hydrogens (primary N) is 1. The number of thiazole rings is 1. The number of aryl methyl sites for hydroxylation is 1. The molecule has 5 nitrogen and oxygen atoms in total. The molecule has 0 bridgehead atoms. The number of ketones is 1. The summed E-state index contributed by atoms with van der Waals surface area (Å²) < 4.78 is 15.0. The summed E-state index contributed by atoms with van der Waals surface area (Å²) in [5, 5.41) is 6.43. The van der Waals surface area contributed by atoms with E-state index in [-0.39, 0.29) is 17.5 Å². The number of hydrogen-bond donors (Lipinski definition) is 1. The molecular weight excluding hydrogens is 339 g/mol. The zero-order valence-corrected chi connectivity index (χ0v) is 14.7. The molecule has 130 valence electrons. The van der Waals surface area contributed by atoms with Gasteiger partial charge in [0.2, 0.25) is 0 Å². The second-order valence-electron chi connectivity index (χ2n) is 5.94. The molecule has 25 heavy (non-hydrogen) atoms. The fourth-order valence-corrected chi connectivity index (χ4v) is 3.49. The van der Waals surface area contributed by atoms with E-state index in [1.54, 1.807) is 16.9 Å². The minimum Gasteiger partial charge on any atom is -0.330 e. The fraction of sp³-hybridized carbons (Fsp3) is 0.278. The van der Waals surface area contributed by atoms with Crippen molar-refractivity contribution < 1.29 is 9.18 Å². The van der Waals surface area contributed by atoms with E-state index in [1.807, 2.05) is 24.6 Å². The third kappa shape index (κ3) is 4.18. The van der Waals surface area contributed by atoms with Gasteiger partial charge in [-0.15, -0.1) is 11.3 Å². The summed E-state index contributed by atoms with van der Waals surface area (Å²) in [6, 6.07) is 8.26. The number of rotatable bonds is 7. The molecule has 1 aromatic carbocycles. The van der Waals surface area contributed by atoms with Crippen molar-refractivity contribution in [3.8, 4) is 11.4 Å². The monoisotopic (exact) mass is 358 g/mol. The van der Waals surface area contributed by atoms with Gasteiger partial charge in [-0.05, 0) is 42.6 Å². The molecule has 0 fully saturated rings. The van der Waals surface area contributed by atoms with E-state index >= 15 is 0 Å². The van der Waals surface area contributed by atoms with Crippen molar-refractivity contribution in [1.82, 2.24) is 14.8 Å². The second kappa shape index (κ2) is 7.67. The van der Waals surface area contributed by atoms with E-state index in [0.29, 0.717) is 24.4 Å². The van der Waals surface area contributed by atoms with Crippen LogP contribution in [0, 0.1) is 11.7 Å². The second-order valence-corrected chi connectivity index (χ2v) is 6.80. The third-order valence-electron chi connectivity index (χ3n) is 4.05. The van der Waals surface area contributed by atoms with Crippen LogP contribution in [0.15, 0.2) is 41.9 Å². The molecule has 1 atom stereocenters. The molecule has 2 N–H and O–H groups in total. The minimum absolute atomic E-state index is 0.0368. The van der Waals surface area contributed by atoms with Crippen LogP contribution in [-0.4, -0.2) is 27.1 Å². The SMILES string of the molecule is Cn1nccc1-c1csc(C(=O)C[C@H](CN)Cc2cccc(F)c2)n1. The zero-order valence-electron chi connectivity index (χ0n) is 13.9. The Labute approximate surface area is 149 Å². The lowest BCUT2D eigenvalue weighted by Gasteiger charge is -2.13. The molecule has 2 heterocycles. The maximum Gasteiger partial charge on any atom is 0.191 e. The highest BCUT2D eigenvalue weighted by Crippen LogP contribution is 2.23. The number of benzene rings is 1. The van der Waals surface area contributed by atoms with Gasteiger partial charge in [-0.1, -0.05) is 12.1 Å². The van der Waals surface area contributed by atoms with Crippen molar-refractivity contribution >= 4 is 17.1 Å². The number of Topliss-reactive ketones (excluding diaryl/α,β-unsaturated/α-hetero) is 1. The van der Waals surface area contributed by atoms with E-state index in [4.69, 9.17) is 5.73 Å². The maximum atomic E-state index is 13.3. The highest BCUT2D eigenvalue weighted by Gasteiger charge is 2.19. The number of carbonyl (C=O) groups excluding carboxylic acids is 1. The highest BCUT2D eigenvalue weighted by molar-refractivity contribution is 7.12. The van der Waals surface area contributed by atoms with E-state index < -0.39 is 0 Å². The van der Waals surface area contributed by atoms with E-state index in [0.717, 1.165) is 17.0 Å². The summed E-state index contributed by atoms with van der Waals surface area (Å²) >= 11 is 1.32. The maximum absolute atomic E-state index is 13.3. The molecule has 0 spiro atoms. The Morgan fingerprint density at radius 1 is 1.40 bits per heavy atom. The molecule has 0 unspecified atom stereocenters. The van der Waals surface area contributed by atoms with Crippen LogP contribution in [0.2, 0.25) is 0 Å². The van der Waals surface area contributed by atoms with Gasteiger partial charge in [0.15, 0.2) is 10.8 Å². The van der Waals surface area contributed by atoms with Gasteiger partial charge in [0.25, 0.3) is 0 Å². The molecule has 0 aliphatic carbocycles. The van der Waals surface area contributed by atoms with Crippen molar-refractivity contribution in [3.05, 3.63) is 58.3 Å². The summed E-state index contributed by atoms with van der Waals surface area (Å²) in [7, 11) is 1.83. The molecule has 0 saturated carbocycles. The zero-order chi connectivity index (χ0) is 17.8. The van der Waals surface area contributed by atoms with Crippen molar-refractivity contribution in [1.29, 1.82) is 0 Å². The Morgan fingerprint density at radius 2 is 2.24 bits per heavy atom. The summed E-state index contributed by atoms with van der Waals surface area (Å²) in [4.78, 5) is 17.0. The van der Waals surface area contributed by atoms with Crippen LogP contribution in [0.3, 0.4) is 0 Å². The normalized spacial score (nSPS) is 12.3. The van der Waals surface area contributed by atoms with Gasteiger partial charge < -0.3 is 5.73 Å². The molecule has 0 amide bonds. The van der Waals surface area contributed by atoms with Gasteiger partial charge in [-0.2, -0.15) is 5.10 Å². The van der Waals surface area contributed by atoms with Crippen LogP contribution in [0.4, 0.5) is 4.39 Å². The topological polar surface area (TPSA) is 73.8 Å². The summed E-state index contributed by atoms with van der Waals surface area (Å²) in [6.07, 6.45) is 2.56. The Morgan fingerprint density at radius 3 is 2.92 bits per heavy atom. The summed E-state index contributed by atoms with van der Waals surface area (Å²) in [5.41, 5.74) is 8.26. The number of carbonyl (C=O) groups is 1. The number of halogens is 1. The van der Waals surface area contributed by atoms with Crippen molar-refractivity contribution in [2.24, 2.45) is 18.7 Å². The lowest BCUT2D eigenvalue weighted by molar-refractivity contribution is 0.0962. The predicted octanol–water partition coefficient (Wildman–Crippen LogP) is 3.07. The lowest BCUT2D eigenvalue weighted by atomic mass is 9.94. The van der Waals surface area contributed by atoms with Crippen LogP contribution < -0.4 is 5.73 Å². The third-order valence-corrected chi connectivity index (χ3v) is 4.93. The first-order valence-corrected chi connectivity index (χ1v) is 8.86. The Bertz CT molecular complexity index is 873. The Kier molecular flexibility index (Phi) is 5.35. The van der Waals surface area contributed by atoms with Crippen LogP contribution in [0.25, 0.3) is 11.4 Å². The summed E-state index contributed by atoms with van der Waals surface area (Å²) in [5.74, 6) is -0.357. The van der Waals surface area contributed by atoms with E-state index in [1.165, 1.54) is 23.5 Å². The van der Waals surface area contributed by atoms with E-state index in [9.17, 15) is 9.18 Å². The number of hydrogen-bond acceptors (Lipinski definition) is 5. The summed E-state index contributed by atoms with van der Waals surface area (Å²) in [6.45, 7) is 0.363. The first-order chi connectivity index (χ1) is 12.1. The molecular formula is C18H19FN4OS. The van der Waals surface area contributed by atoms with Gasteiger partial charge in [-0.25, -0.2) is 9.37 Å². The number of nitrogens with zero attached hydrogens (tertiary/aromatic N) is 3. The molecule has 2 aromatic heterocycles. The van der Waals surface area contributed by atoms with Gasteiger partial charge >= 0.3 is 0 Å². The Hall–Kier alpha value is -2.38. The quantitative estimate of drug-likeness (QED) is 0.659. The Balaban J connectivity index is 1.68. The van der Waals surface area contributed by atoms with Crippen molar-refractivity contribution in [2.75, 3.05) is 6.54 Å². The van der Waals surface area contributed by atoms with Crippen LogP contribution in [0.5, 0.6) is 0 Å². The average Bonchev–Trinajstić information content (AvgIpc) is 3.22. The van der Waals surface area contributed by atoms with Gasteiger partial charge in [0, 0.05) is 25.0 Å². The van der Waals surface area contributed by atoms with Crippen LogP contribution in [-0.2, 0) is 13.5 Å². The average molecular weight is 358 g/mol. The highest BCUT2D eigenvalue weighted by atomic mass is 32.1. The van der Waals surface area contributed by atoms with Crippen LogP contribution >= 0.6 is 11.3 Å². The van der Waals surface area contributed by atoms with Crippen LogP contribution in [0.1, 0.15) is 21.8 Å². The molecule has 3 aromatic rings. The number of aromatic nitrogens is 3.